The minimum absolute atomic E-state index is 0.0287. The Balaban J connectivity index is 1.62. The second-order valence-corrected chi connectivity index (χ2v) is 7.74. The Hall–Kier alpha value is -3.11. The van der Waals surface area contributed by atoms with E-state index in [-0.39, 0.29) is 29.5 Å². The van der Waals surface area contributed by atoms with E-state index in [1.165, 1.54) is 7.05 Å². The first kappa shape index (κ1) is 21.1. The van der Waals surface area contributed by atoms with Gasteiger partial charge in [-0.15, -0.1) is 10.2 Å². The first-order chi connectivity index (χ1) is 15.1. The second-order valence-electron chi connectivity index (χ2n) is 7.74. The molecule has 3 aromatic rings. The summed E-state index contributed by atoms with van der Waals surface area (Å²) >= 11 is 0. The molecule has 0 radical (unpaired) electrons. The summed E-state index contributed by atoms with van der Waals surface area (Å²) in [5.41, 5.74) is 1.28. The zero-order valence-corrected chi connectivity index (χ0v) is 17.5. The van der Waals surface area contributed by atoms with Crippen LogP contribution in [0, 0.1) is 0 Å². The molecule has 3 N–H and O–H groups in total. The molecule has 164 valence electrons. The van der Waals surface area contributed by atoms with Crippen molar-refractivity contribution in [3.63, 3.8) is 0 Å². The molecule has 1 saturated carbocycles. The van der Waals surface area contributed by atoms with Crippen molar-refractivity contribution in [3.05, 3.63) is 45.1 Å². The molecule has 1 aliphatic rings. The molecule has 0 spiro atoms. The summed E-state index contributed by atoms with van der Waals surface area (Å²) in [7, 11) is 1.48. The van der Waals surface area contributed by atoms with Crippen molar-refractivity contribution in [1.82, 2.24) is 29.6 Å². The molecule has 1 fully saturated rings. The highest BCUT2D eigenvalue weighted by Gasteiger charge is 2.24. The molecule has 4 rings (SSSR count). The molecule has 10 nitrogen and oxygen atoms in total. The first-order valence-electron chi connectivity index (χ1n) is 10.6. The van der Waals surface area contributed by atoms with Gasteiger partial charge in [-0.3, -0.25) is 13.9 Å². The van der Waals surface area contributed by atoms with Crippen LogP contribution in [0.15, 0.2) is 33.9 Å². The molecule has 2 aromatic heterocycles. The van der Waals surface area contributed by atoms with E-state index in [4.69, 9.17) is 5.11 Å². The number of nitrogens with zero attached hydrogens (tertiary/aromatic N) is 5. The third-order valence-corrected chi connectivity index (χ3v) is 5.65. The molecule has 0 saturated heterocycles. The van der Waals surface area contributed by atoms with Crippen LogP contribution in [0.4, 0.5) is 5.69 Å². The molecule has 31 heavy (non-hydrogen) atoms. The van der Waals surface area contributed by atoms with Crippen LogP contribution >= 0.6 is 0 Å². The first-order valence-corrected chi connectivity index (χ1v) is 10.6. The fourth-order valence-corrected chi connectivity index (χ4v) is 3.97. The lowest BCUT2D eigenvalue weighted by molar-refractivity contribution is 0.293. The molecule has 0 bridgehead atoms. The van der Waals surface area contributed by atoms with Crippen molar-refractivity contribution in [3.8, 4) is 11.4 Å². The molecule has 0 unspecified atom stereocenters. The zero-order valence-electron chi connectivity index (χ0n) is 17.5. The predicted octanol–water partition coefficient (Wildman–Crippen LogP) is 0.661. The SMILES string of the molecule is Cn1c(=O)c2nc(-c3ccc(NCCNCCO)cc3)nnc2n(C2CCCC2)c1=O. The number of aliphatic hydroxyl groups excluding tert-OH is 1. The number of nitrogens with one attached hydrogen (secondary N) is 2. The molecule has 0 aliphatic heterocycles. The fourth-order valence-electron chi connectivity index (χ4n) is 3.97. The minimum atomic E-state index is -0.459. The number of aromatic nitrogens is 5. The van der Waals surface area contributed by atoms with Crippen LogP contribution in [0.25, 0.3) is 22.6 Å². The fraction of sp³-hybridized carbons (Fsp3) is 0.476. The number of anilines is 1. The topological polar surface area (TPSA) is 127 Å². The van der Waals surface area contributed by atoms with Gasteiger partial charge >= 0.3 is 5.69 Å². The van der Waals surface area contributed by atoms with Crippen LogP contribution in [-0.2, 0) is 7.05 Å². The van der Waals surface area contributed by atoms with E-state index in [9.17, 15) is 9.59 Å². The smallest absolute Gasteiger partial charge is 0.332 e. The third kappa shape index (κ3) is 4.35. The lowest BCUT2D eigenvalue weighted by Gasteiger charge is -2.16. The Bertz CT molecular complexity index is 1160. The maximum atomic E-state index is 12.7. The molecule has 1 aromatic carbocycles. The van der Waals surface area contributed by atoms with Crippen LogP contribution in [0.2, 0.25) is 0 Å². The Morgan fingerprint density at radius 3 is 2.52 bits per heavy atom. The summed E-state index contributed by atoms with van der Waals surface area (Å²) in [5.74, 6) is 0.345. The monoisotopic (exact) mass is 425 g/mol. The van der Waals surface area contributed by atoms with Crippen molar-refractivity contribution >= 4 is 16.9 Å². The highest BCUT2D eigenvalue weighted by atomic mass is 16.3. The van der Waals surface area contributed by atoms with Gasteiger partial charge in [0, 0.05) is 44.0 Å². The van der Waals surface area contributed by atoms with Gasteiger partial charge in [-0.2, -0.15) is 0 Å². The summed E-state index contributed by atoms with van der Waals surface area (Å²) in [6.45, 7) is 2.16. The predicted molar refractivity (Wildman–Crippen MR) is 118 cm³/mol. The lowest BCUT2D eigenvalue weighted by Crippen LogP contribution is -2.40. The van der Waals surface area contributed by atoms with Crippen molar-refractivity contribution < 1.29 is 5.11 Å². The number of aliphatic hydroxyl groups is 1. The van der Waals surface area contributed by atoms with Crippen LogP contribution in [0.5, 0.6) is 0 Å². The van der Waals surface area contributed by atoms with Gasteiger partial charge in [-0.25, -0.2) is 9.78 Å². The quantitative estimate of drug-likeness (QED) is 0.449. The van der Waals surface area contributed by atoms with Gasteiger partial charge in [0.05, 0.1) is 6.61 Å². The summed E-state index contributed by atoms with van der Waals surface area (Å²) in [5, 5.41) is 23.6. The van der Waals surface area contributed by atoms with E-state index in [0.717, 1.165) is 54.6 Å². The maximum absolute atomic E-state index is 12.7. The highest BCUT2D eigenvalue weighted by Crippen LogP contribution is 2.29. The molecule has 10 heteroatoms. The zero-order chi connectivity index (χ0) is 21.8. The third-order valence-electron chi connectivity index (χ3n) is 5.65. The second kappa shape index (κ2) is 9.36. The average molecular weight is 425 g/mol. The van der Waals surface area contributed by atoms with E-state index in [1.807, 2.05) is 24.3 Å². The Morgan fingerprint density at radius 1 is 1.06 bits per heavy atom. The maximum Gasteiger partial charge on any atom is 0.332 e. The summed E-state index contributed by atoms with van der Waals surface area (Å²) in [4.78, 5) is 30.0. The standard InChI is InChI=1S/C21H27N7O3/c1-27-20(30)17-19(28(21(27)31)16-4-2-3-5-16)26-25-18(24-17)14-6-8-15(9-7-14)23-11-10-22-12-13-29/h6-9,16,22-23,29H,2-5,10-13H2,1H3. The van der Waals surface area contributed by atoms with Gasteiger partial charge < -0.3 is 15.7 Å². The van der Waals surface area contributed by atoms with Gasteiger partial charge in [0.15, 0.2) is 17.0 Å². The van der Waals surface area contributed by atoms with Crippen molar-refractivity contribution in [2.45, 2.75) is 31.7 Å². The average Bonchev–Trinajstić information content (AvgIpc) is 3.32. The summed E-state index contributed by atoms with van der Waals surface area (Å²) in [6.07, 6.45) is 3.89. The number of rotatable bonds is 8. The van der Waals surface area contributed by atoms with Crippen LogP contribution < -0.4 is 21.9 Å². The van der Waals surface area contributed by atoms with Crippen molar-refractivity contribution in [2.24, 2.45) is 7.05 Å². The Morgan fingerprint density at radius 2 is 1.81 bits per heavy atom. The van der Waals surface area contributed by atoms with Crippen molar-refractivity contribution in [2.75, 3.05) is 31.6 Å². The number of hydrogen-bond donors (Lipinski definition) is 3. The van der Waals surface area contributed by atoms with E-state index < -0.39 is 5.56 Å². The number of hydrogen-bond acceptors (Lipinski definition) is 8. The number of fused-ring (bicyclic) bond motifs is 1. The number of benzene rings is 1. The van der Waals surface area contributed by atoms with Gasteiger partial charge in [0.1, 0.15) is 0 Å². The van der Waals surface area contributed by atoms with Gasteiger partial charge in [-0.05, 0) is 37.1 Å². The molecular formula is C21H27N7O3. The normalized spacial score (nSPS) is 14.4. The lowest BCUT2D eigenvalue weighted by atomic mass is 10.2. The molecule has 1 aliphatic carbocycles. The Kier molecular flexibility index (Phi) is 6.38. The molecule has 2 heterocycles. The van der Waals surface area contributed by atoms with E-state index >= 15 is 0 Å². The van der Waals surface area contributed by atoms with Crippen molar-refractivity contribution in [1.29, 1.82) is 0 Å². The minimum Gasteiger partial charge on any atom is -0.395 e. The summed E-state index contributed by atoms with van der Waals surface area (Å²) < 4.78 is 2.70. The van der Waals surface area contributed by atoms with E-state index in [0.29, 0.717) is 12.4 Å². The Labute approximate surface area is 179 Å². The highest BCUT2D eigenvalue weighted by molar-refractivity contribution is 5.71. The molecular weight excluding hydrogens is 398 g/mol. The summed E-state index contributed by atoms with van der Waals surface area (Å²) in [6, 6.07) is 7.58. The van der Waals surface area contributed by atoms with Crippen LogP contribution in [-0.4, -0.2) is 55.7 Å². The van der Waals surface area contributed by atoms with Gasteiger partial charge in [0.2, 0.25) is 0 Å². The largest absolute Gasteiger partial charge is 0.395 e. The van der Waals surface area contributed by atoms with Crippen LogP contribution in [0.3, 0.4) is 0 Å². The van der Waals surface area contributed by atoms with Gasteiger partial charge in [-0.1, -0.05) is 12.8 Å². The van der Waals surface area contributed by atoms with Gasteiger partial charge in [0.25, 0.3) is 5.56 Å². The van der Waals surface area contributed by atoms with E-state index in [1.54, 1.807) is 4.57 Å². The molecule has 0 atom stereocenters. The van der Waals surface area contributed by atoms with E-state index in [2.05, 4.69) is 25.8 Å². The van der Waals surface area contributed by atoms with Crippen LogP contribution in [0.1, 0.15) is 31.7 Å². The molecule has 0 amide bonds.